The Labute approximate surface area is 205 Å². The molecule has 11 nitrogen and oxygen atoms in total. The molecule has 186 valence electrons. The fourth-order valence-electron chi connectivity index (χ4n) is 4.07. The summed E-state index contributed by atoms with van der Waals surface area (Å²) in [6, 6.07) is 3.53. The first kappa shape index (κ1) is 23.4. The summed E-state index contributed by atoms with van der Waals surface area (Å²) in [4.78, 5) is 45.1. The molecule has 2 N–H and O–H groups in total. The molecule has 2 aromatic rings. The van der Waals surface area contributed by atoms with Crippen molar-refractivity contribution in [1.29, 1.82) is 0 Å². The minimum atomic E-state index is -0.576. The predicted octanol–water partition coefficient (Wildman–Crippen LogP) is 2.54. The van der Waals surface area contributed by atoms with E-state index in [-0.39, 0.29) is 30.8 Å². The number of rotatable bonds is 4. The number of ether oxygens (including phenoxy) is 1. The number of amides is 4. The number of anilines is 1. The third-order valence-corrected chi connectivity index (χ3v) is 6.29. The Hall–Kier alpha value is -3.38. The van der Waals surface area contributed by atoms with Crippen molar-refractivity contribution >= 4 is 35.3 Å². The zero-order valence-corrected chi connectivity index (χ0v) is 19.7. The molecule has 13 heteroatoms. The molecule has 1 atom stereocenters. The summed E-state index contributed by atoms with van der Waals surface area (Å²) < 4.78 is 20.2. The van der Waals surface area contributed by atoms with Crippen molar-refractivity contribution in [1.82, 2.24) is 25.1 Å². The molecule has 1 aromatic heterocycles. The molecule has 35 heavy (non-hydrogen) atoms. The summed E-state index contributed by atoms with van der Waals surface area (Å²) in [5, 5.41) is 11.0. The van der Waals surface area contributed by atoms with Crippen LogP contribution in [0.4, 0.5) is 19.7 Å². The molecule has 0 bridgehead atoms. The van der Waals surface area contributed by atoms with Gasteiger partial charge in [0.1, 0.15) is 23.7 Å². The smallest absolute Gasteiger partial charge is 0.407 e. The summed E-state index contributed by atoms with van der Waals surface area (Å²) in [6.45, 7) is 0.939. The average molecular weight is 507 g/mol. The summed E-state index contributed by atoms with van der Waals surface area (Å²) in [6.07, 6.45) is 1.14. The van der Waals surface area contributed by atoms with Crippen LogP contribution in [0.15, 0.2) is 18.2 Å². The van der Waals surface area contributed by atoms with Crippen molar-refractivity contribution < 1.29 is 28.3 Å². The number of alkyl carbamates (subject to hydrolysis) is 1. The zero-order chi connectivity index (χ0) is 24.7. The van der Waals surface area contributed by atoms with Crippen LogP contribution >= 0.6 is 11.6 Å². The minimum absolute atomic E-state index is 0.0149. The minimum Gasteiger partial charge on any atom is -0.446 e. The van der Waals surface area contributed by atoms with E-state index in [0.29, 0.717) is 29.9 Å². The molecular weight excluding hydrogens is 483 g/mol. The summed E-state index contributed by atoms with van der Waals surface area (Å²) >= 11 is 5.80. The number of fused-ring (bicyclic) bond motifs is 3. The van der Waals surface area contributed by atoms with Crippen LogP contribution in [0.25, 0.3) is 0 Å². The molecule has 2 aliphatic heterocycles. The van der Waals surface area contributed by atoms with Crippen molar-refractivity contribution in [3.05, 3.63) is 46.0 Å². The van der Waals surface area contributed by atoms with Gasteiger partial charge in [0.25, 0.3) is 5.91 Å². The maximum absolute atomic E-state index is 13.4. The van der Waals surface area contributed by atoms with Gasteiger partial charge in [-0.1, -0.05) is 11.6 Å². The first-order valence-corrected chi connectivity index (χ1v) is 11.6. The van der Waals surface area contributed by atoms with Crippen LogP contribution in [0.2, 0.25) is 5.02 Å². The predicted molar refractivity (Wildman–Crippen MR) is 121 cm³/mol. The van der Waals surface area contributed by atoms with E-state index in [1.807, 2.05) is 0 Å². The molecule has 1 aromatic carbocycles. The molecule has 0 radical (unpaired) electrons. The second-order valence-electron chi connectivity index (χ2n) is 8.70. The van der Waals surface area contributed by atoms with Gasteiger partial charge in [-0.2, -0.15) is 5.10 Å². The lowest BCUT2D eigenvalue weighted by atomic mass is 10.1. The van der Waals surface area contributed by atoms with Crippen LogP contribution < -0.4 is 10.6 Å². The van der Waals surface area contributed by atoms with Crippen molar-refractivity contribution in [2.45, 2.75) is 44.6 Å². The normalized spacial score (nSPS) is 19.5. The second kappa shape index (κ2) is 9.34. The Morgan fingerprint density at radius 3 is 2.89 bits per heavy atom. The zero-order valence-electron chi connectivity index (χ0n) is 18.9. The lowest BCUT2D eigenvalue weighted by Gasteiger charge is -2.27. The fourth-order valence-corrected chi connectivity index (χ4v) is 4.25. The van der Waals surface area contributed by atoms with Crippen LogP contribution in [0.1, 0.15) is 34.6 Å². The standard InChI is InChI=1S/C22H24ClFN6O5/c1-28-20(31)19-15-11-29(21(32)26-12-2-5-17(24)16(23)8-12)7-6-18(15)27-30(19)10-14(35-28)9-25-22(33)34-13-3-4-13/h2,5,8,13-14H,3-4,6-7,9-11H2,1H3,(H,25,33)(H,26,32). The van der Waals surface area contributed by atoms with E-state index in [4.69, 9.17) is 21.2 Å². The van der Waals surface area contributed by atoms with Gasteiger partial charge >= 0.3 is 12.1 Å². The van der Waals surface area contributed by atoms with E-state index >= 15 is 0 Å². The van der Waals surface area contributed by atoms with Gasteiger partial charge in [-0.3, -0.25) is 14.3 Å². The highest BCUT2D eigenvalue weighted by Crippen LogP contribution is 2.27. The molecule has 3 heterocycles. The van der Waals surface area contributed by atoms with E-state index in [1.165, 1.54) is 25.2 Å². The molecule has 3 aliphatic rings. The number of benzene rings is 1. The van der Waals surface area contributed by atoms with Crippen LogP contribution in [0.3, 0.4) is 0 Å². The highest BCUT2D eigenvalue weighted by molar-refractivity contribution is 6.31. The Morgan fingerprint density at radius 1 is 1.34 bits per heavy atom. The van der Waals surface area contributed by atoms with Crippen molar-refractivity contribution in [3.63, 3.8) is 0 Å². The maximum atomic E-state index is 13.4. The van der Waals surface area contributed by atoms with Gasteiger partial charge in [-0.05, 0) is 31.0 Å². The number of urea groups is 1. The number of nitrogens with one attached hydrogen (secondary N) is 2. The monoisotopic (exact) mass is 506 g/mol. The van der Waals surface area contributed by atoms with E-state index in [1.54, 1.807) is 9.58 Å². The number of nitrogens with zero attached hydrogens (tertiary/aromatic N) is 4. The van der Waals surface area contributed by atoms with Gasteiger partial charge in [-0.15, -0.1) is 0 Å². The Bertz CT molecular complexity index is 1190. The Morgan fingerprint density at radius 2 is 2.14 bits per heavy atom. The quantitative estimate of drug-likeness (QED) is 0.658. The van der Waals surface area contributed by atoms with Gasteiger partial charge in [0, 0.05) is 31.3 Å². The highest BCUT2D eigenvalue weighted by Gasteiger charge is 2.36. The van der Waals surface area contributed by atoms with Gasteiger partial charge in [0.15, 0.2) is 0 Å². The third kappa shape index (κ3) is 5.03. The molecule has 0 saturated heterocycles. The van der Waals surface area contributed by atoms with Crippen LogP contribution in [0, 0.1) is 5.82 Å². The Balaban J connectivity index is 1.29. The summed E-state index contributed by atoms with van der Waals surface area (Å²) in [5.74, 6) is -0.970. The van der Waals surface area contributed by atoms with Crippen molar-refractivity contribution in [3.8, 4) is 0 Å². The molecule has 4 amide bonds. The molecule has 1 saturated carbocycles. The van der Waals surface area contributed by atoms with Gasteiger partial charge in [0.05, 0.1) is 30.4 Å². The van der Waals surface area contributed by atoms with Crippen molar-refractivity contribution in [2.75, 3.05) is 25.5 Å². The van der Waals surface area contributed by atoms with Crippen LogP contribution in [-0.4, -0.2) is 70.1 Å². The van der Waals surface area contributed by atoms with E-state index in [2.05, 4.69) is 15.7 Å². The van der Waals surface area contributed by atoms with Crippen LogP contribution in [-0.2, 0) is 29.1 Å². The molecule has 1 fully saturated rings. The van der Waals surface area contributed by atoms with Gasteiger partial charge < -0.3 is 20.3 Å². The van der Waals surface area contributed by atoms with Gasteiger partial charge in [-0.25, -0.2) is 19.0 Å². The molecule has 1 aliphatic carbocycles. The lowest BCUT2D eigenvalue weighted by molar-refractivity contribution is -0.146. The number of carbonyl (C=O) groups excluding carboxylic acids is 3. The first-order chi connectivity index (χ1) is 16.8. The number of carbonyl (C=O) groups is 3. The largest absolute Gasteiger partial charge is 0.446 e. The number of hydrogen-bond donors (Lipinski definition) is 2. The third-order valence-electron chi connectivity index (χ3n) is 6.00. The topological polar surface area (TPSA) is 118 Å². The van der Waals surface area contributed by atoms with E-state index in [0.717, 1.165) is 23.6 Å². The fraction of sp³-hybridized carbons (Fsp3) is 0.455. The number of halogens is 2. The molecular formula is C22H24ClFN6O5. The first-order valence-electron chi connectivity index (χ1n) is 11.3. The SMILES string of the molecule is CN1OC(CNC(=O)OC2CC2)Cn2nc3c(c2C1=O)CN(C(=O)Nc1ccc(F)c(Cl)c1)CC3. The lowest BCUT2D eigenvalue weighted by Crippen LogP contribution is -2.40. The average Bonchev–Trinajstić information content (AvgIpc) is 3.58. The number of hydrogen-bond acceptors (Lipinski definition) is 6. The summed E-state index contributed by atoms with van der Waals surface area (Å²) in [5.41, 5.74) is 2.08. The Kier molecular flexibility index (Phi) is 6.24. The highest BCUT2D eigenvalue weighted by atomic mass is 35.5. The number of hydroxylamine groups is 2. The van der Waals surface area contributed by atoms with E-state index in [9.17, 15) is 18.8 Å². The van der Waals surface area contributed by atoms with Gasteiger partial charge in [0.2, 0.25) is 0 Å². The molecule has 5 rings (SSSR count). The maximum Gasteiger partial charge on any atom is 0.407 e. The molecule has 0 spiro atoms. The molecule has 1 unspecified atom stereocenters. The van der Waals surface area contributed by atoms with Crippen molar-refractivity contribution in [2.24, 2.45) is 0 Å². The second-order valence-corrected chi connectivity index (χ2v) is 9.11. The summed E-state index contributed by atoms with van der Waals surface area (Å²) in [7, 11) is 1.50. The van der Waals surface area contributed by atoms with Crippen LogP contribution in [0.5, 0.6) is 0 Å². The van der Waals surface area contributed by atoms with E-state index < -0.39 is 30.0 Å². The number of aromatic nitrogens is 2.